The molecule has 0 saturated carbocycles. The summed E-state index contributed by atoms with van der Waals surface area (Å²) in [4.78, 5) is 20.2. The van der Waals surface area contributed by atoms with Crippen LogP contribution in [0.5, 0.6) is 11.5 Å². The number of nitrogens with two attached hydrogens (primary N) is 1. The molecule has 0 saturated heterocycles. The fourth-order valence-corrected chi connectivity index (χ4v) is 2.96. The lowest BCUT2D eigenvalue weighted by Crippen LogP contribution is -2.07. The molecule has 0 aliphatic heterocycles. The van der Waals surface area contributed by atoms with E-state index < -0.39 is 0 Å². The van der Waals surface area contributed by atoms with Crippen molar-refractivity contribution in [2.45, 2.75) is 6.92 Å². The molecule has 4 N–H and O–H groups in total. The average molecular weight is 444 g/mol. The standard InChI is InChI=1S/C21H22ClN5O4/c1-4-31-21(28)12-5-7-13(8-6-12)26-19-18(23)20(25-11-24-19)27-15-9-14(22)16(29-2)10-17(15)30-3/h5-11H,4,23H2,1-3H3,(H2,24,25,26,27). The summed E-state index contributed by atoms with van der Waals surface area (Å²) in [6.45, 7) is 2.07. The highest BCUT2D eigenvalue weighted by atomic mass is 35.5. The van der Waals surface area contributed by atoms with Gasteiger partial charge in [-0.2, -0.15) is 0 Å². The van der Waals surface area contributed by atoms with Gasteiger partial charge in [-0.25, -0.2) is 14.8 Å². The number of carbonyl (C=O) groups excluding carboxylic acids is 1. The van der Waals surface area contributed by atoms with Gasteiger partial charge in [0.25, 0.3) is 0 Å². The number of nitrogens with one attached hydrogen (secondary N) is 2. The predicted octanol–water partition coefficient (Wildman–Crippen LogP) is 4.39. The second-order valence-corrected chi connectivity index (χ2v) is 6.63. The molecule has 162 valence electrons. The lowest BCUT2D eigenvalue weighted by Gasteiger charge is -2.16. The van der Waals surface area contributed by atoms with Crippen LogP contribution in [0.15, 0.2) is 42.7 Å². The zero-order valence-corrected chi connectivity index (χ0v) is 18.0. The molecule has 2 aromatic carbocycles. The molecule has 0 unspecified atom stereocenters. The highest BCUT2D eigenvalue weighted by molar-refractivity contribution is 6.32. The fourth-order valence-electron chi connectivity index (χ4n) is 2.72. The molecule has 3 aromatic rings. The highest BCUT2D eigenvalue weighted by Gasteiger charge is 2.14. The number of esters is 1. The Kier molecular flexibility index (Phi) is 6.99. The van der Waals surface area contributed by atoms with Crippen LogP contribution in [0.4, 0.5) is 28.7 Å². The maximum absolute atomic E-state index is 11.8. The van der Waals surface area contributed by atoms with Crippen LogP contribution in [-0.4, -0.2) is 36.8 Å². The van der Waals surface area contributed by atoms with Gasteiger partial charge < -0.3 is 30.6 Å². The van der Waals surface area contributed by atoms with Gasteiger partial charge in [0.05, 0.1) is 37.1 Å². The number of halogens is 1. The van der Waals surface area contributed by atoms with Gasteiger partial charge in [-0.05, 0) is 37.3 Å². The van der Waals surface area contributed by atoms with Gasteiger partial charge >= 0.3 is 5.97 Å². The predicted molar refractivity (Wildman–Crippen MR) is 120 cm³/mol. The van der Waals surface area contributed by atoms with Crippen LogP contribution in [0.1, 0.15) is 17.3 Å². The number of hydrogen-bond acceptors (Lipinski definition) is 9. The van der Waals surface area contributed by atoms with Crippen LogP contribution in [0.2, 0.25) is 5.02 Å². The number of benzene rings is 2. The monoisotopic (exact) mass is 443 g/mol. The van der Waals surface area contributed by atoms with Crippen molar-refractivity contribution in [3.05, 3.63) is 53.3 Å². The summed E-state index contributed by atoms with van der Waals surface area (Å²) in [5, 5.41) is 6.62. The molecule has 0 bridgehead atoms. The number of nitrogens with zero attached hydrogens (tertiary/aromatic N) is 2. The second-order valence-electron chi connectivity index (χ2n) is 6.22. The van der Waals surface area contributed by atoms with Crippen LogP contribution >= 0.6 is 11.6 Å². The van der Waals surface area contributed by atoms with E-state index in [4.69, 9.17) is 31.5 Å². The van der Waals surface area contributed by atoms with Gasteiger partial charge in [-0.3, -0.25) is 0 Å². The molecule has 9 nitrogen and oxygen atoms in total. The minimum Gasteiger partial charge on any atom is -0.495 e. The van der Waals surface area contributed by atoms with Crippen molar-refractivity contribution in [3.8, 4) is 11.5 Å². The minimum atomic E-state index is -0.380. The number of carbonyl (C=O) groups is 1. The summed E-state index contributed by atoms with van der Waals surface area (Å²) >= 11 is 6.23. The first-order valence-corrected chi connectivity index (χ1v) is 9.67. The Morgan fingerprint density at radius 1 is 1.03 bits per heavy atom. The molecule has 31 heavy (non-hydrogen) atoms. The molecular weight excluding hydrogens is 422 g/mol. The third-order valence-corrected chi connectivity index (χ3v) is 4.57. The number of aromatic nitrogens is 2. The van der Waals surface area contributed by atoms with Crippen molar-refractivity contribution in [1.82, 2.24) is 9.97 Å². The largest absolute Gasteiger partial charge is 0.495 e. The van der Waals surface area contributed by atoms with E-state index in [0.717, 1.165) is 0 Å². The van der Waals surface area contributed by atoms with E-state index in [9.17, 15) is 4.79 Å². The third kappa shape index (κ3) is 5.07. The number of hydrogen-bond donors (Lipinski definition) is 3. The number of anilines is 5. The van der Waals surface area contributed by atoms with Gasteiger partial charge in [0, 0.05) is 11.8 Å². The number of rotatable bonds is 8. The first-order chi connectivity index (χ1) is 15.0. The normalized spacial score (nSPS) is 10.3. The maximum Gasteiger partial charge on any atom is 0.338 e. The lowest BCUT2D eigenvalue weighted by molar-refractivity contribution is 0.0526. The van der Waals surface area contributed by atoms with Crippen LogP contribution in [0, 0.1) is 0 Å². The van der Waals surface area contributed by atoms with Crippen LogP contribution < -0.4 is 25.8 Å². The summed E-state index contributed by atoms with van der Waals surface area (Å²) in [6.07, 6.45) is 1.37. The van der Waals surface area contributed by atoms with Gasteiger partial charge in [0.15, 0.2) is 11.6 Å². The Labute approximate surface area is 184 Å². The summed E-state index contributed by atoms with van der Waals surface area (Å²) in [7, 11) is 3.05. The number of methoxy groups -OCH3 is 2. The Hall–Kier alpha value is -3.72. The molecule has 1 heterocycles. The van der Waals surface area contributed by atoms with E-state index in [-0.39, 0.29) is 11.7 Å². The quantitative estimate of drug-likeness (QED) is 0.435. The molecule has 0 fully saturated rings. The first-order valence-electron chi connectivity index (χ1n) is 9.30. The van der Waals surface area contributed by atoms with Crippen molar-refractivity contribution >= 4 is 46.3 Å². The molecule has 1 aromatic heterocycles. The molecule has 10 heteroatoms. The Balaban J connectivity index is 1.82. The Bertz CT molecular complexity index is 1080. The lowest BCUT2D eigenvalue weighted by atomic mass is 10.2. The summed E-state index contributed by atoms with van der Waals surface area (Å²) in [5.41, 5.74) is 8.24. The molecule has 0 aliphatic carbocycles. The van der Waals surface area contributed by atoms with E-state index in [1.165, 1.54) is 20.5 Å². The SMILES string of the molecule is CCOC(=O)c1ccc(Nc2ncnc(Nc3cc(Cl)c(OC)cc3OC)c2N)cc1. The Morgan fingerprint density at radius 2 is 1.68 bits per heavy atom. The van der Waals surface area contributed by atoms with E-state index in [1.54, 1.807) is 43.3 Å². The molecule has 3 rings (SSSR count). The Morgan fingerprint density at radius 3 is 2.29 bits per heavy atom. The summed E-state index contributed by atoms with van der Waals surface area (Å²) in [5.74, 6) is 1.35. The maximum atomic E-state index is 11.8. The van der Waals surface area contributed by atoms with Gasteiger partial charge in [-0.15, -0.1) is 0 Å². The first kappa shape index (κ1) is 22.0. The van der Waals surface area contributed by atoms with Gasteiger partial charge in [-0.1, -0.05) is 11.6 Å². The van der Waals surface area contributed by atoms with E-state index in [2.05, 4.69) is 20.6 Å². The molecule has 0 radical (unpaired) electrons. The second kappa shape index (κ2) is 9.86. The van der Waals surface area contributed by atoms with E-state index in [1.807, 2.05) is 0 Å². The average Bonchev–Trinajstić information content (AvgIpc) is 2.77. The summed E-state index contributed by atoms with van der Waals surface area (Å²) in [6, 6.07) is 10.1. The zero-order chi connectivity index (χ0) is 22.4. The van der Waals surface area contributed by atoms with Crippen LogP contribution in [-0.2, 0) is 4.74 Å². The molecular formula is C21H22ClN5O4. The highest BCUT2D eigenvalue weighted by Crippen LogP contribution is 2.38. The number of nitrogen functional groups attached to an aromatic ring is 1. The van der Waals surface area contributed by atoms with Crippen molar-refractivity contribution < 1.29 is 19.0 Å². The topological polar surface area (TPSA) is 121 Å². The van der Waals surface area contributed by atoms with Crippen molar-refractivity contribution in [2.24, 2.45) is 0 Å². The van der Waals surface area contributed by atoms with Crippen molar-refractivity contribution in [1.29, 1.82) is 0 Å². The molecule has 0 spiro atoms. The summed E-state index contributed by atoms with van der Waals surface area (Å²) < 4.78 is 15.6. The molecule has 0 atom stereocenters. The van der Waals surface area contributed by atoms with E-state index >= 15 is 0 Å². The minimum absolute atomic E-state index is 0.283. The smallest absolute Gasteiger partial charge is 0.338 e. The molecule has 0 aliphatic rings. The fraction of sp³-hybridized carbons (Fsp3) is 0.190. The van der Waals surface area contributed by atoms with Crippen molar-refractivity contribution in [2.75, 3.05) is 37.2 Å². The third-order valence-electron chi connectivity index (χ3n) is 4.27. The van der Waals surface area contributed by atoms with Gasteiger partial charge in [0.2, 0.25) is 0 Å². The molecule has 0 amide bonds. The van der Waals surface area contributed by atoms with Crippen LogP contribution in [0.25, 0.3) is 0 Å². The zero-order valence-electron chi connectivity index (χ0n) is 17.2. The van der Waals surface area contributed by atoms with Crippen molar-refractivity contribution in [3.63, 3.8) is 0 Å². The van der Waals surface area contributed by atoms with Gasteiger partial charge in [0.1, 0.15) is 23.5 Å². The number of ether oxygens (including phenoxy) is 3. The van der Waals surface area contributed by atoms with Crippen LogP contribution in [0.3, 0.4) is 0 Å². The van der Waals surface area contributed by atoms with E-state index in [0.29, 0.717) is 51.7 Å².